The highest BCUT2D eigenvalue weighted by atomic mass is 32.2. The van der Waals surface area contributed by atoms with Crippen molar-refractivity contribution in [3.8, 4) is 10.4 Å². The molecule has 0 unspecified atom stereocenters. The third-order valence-corrected chi connectivity index (χ3v) is 8.77. The van der Waals surface area contributed by atoms with Gasteiger partial charge in [-0.2, -0.15) is 4.31 Å². The summed E-state index contributed by atoms with van der Waals surface area (Å²) in [7, 11) is -3.67. The van der Waals surface area contributed by atoms with Crippen molar-refractivity contribution in [3.05, 3.63) is 71.8 Å². The summed E-state index contributed by atoms with van der Waals surface area (Å²) < 4.78 is 37.0. The Kier molecular flexibility index (Phi) is 9.78. The van der Waals surface area contributed by atoms with Gasteiger partial charge in [0, 0.05) is 18.0 Å². The minimum absolute atomic E-state index is 0.0574. The van der Waals surface area contributed by atoms with E-state index in [1.54, 1.807) is 26.8 Å². The second-order valence-corrected chi connectivity index (χ2v) is 11.1. The van der Waals surface area contributed by atoms with Crippen molar-refractivity contribution in [2.24, 2.45) is 0 Å². The molecule has 0 fully saturated rings. The predicted octanol–water partition coefficient (Wildman–Crippen LogP) is 4.81. The van der Waals surface area contributed by atoms with Gasteiger partial charge in [-0.05, 0) is 49.7 Å². The van der Waals surface area contributed by atoms with Crippen LogP contribution in [0.25, 0.3) is 10.4 Å². The van der Waals surface area contributed by atoms with Gasteiger partial charge < -0.3 is 14.8 Å². The summed E-state index contributed by atoms with van der Waals surface area (Å²) in [6.07, 6.45) is -1.20. The molecule has 0 aliphatic carbocycles. The van der Waals surface area contributed by atoms with Crippen LogP contribution in [0.1, 0.15) is 48.4 Å². The minimum atomic E-state index is -3.67. The zero-order chi connectivity index (χ0) is 27.9. The number of thiophene rings is 1. The predicted molar refractivity (Wildman–Crippen MR) is 146 cm³/mol. The molecule has 1 heterocycles. The number of hydrogen-bond donors (Lipinski definition) is 1. The molecule has 3 aromatic rings. The van der Waals surface area contributed by atoms with Crippen molar-refractivity contribution in [2.45, 2.75) is 38.7 Å². The molecule has 0 bridgehead atoms. The first-order valence-electron chi connectivity index (χ1n) is 12.1. The second kappa shape index (κ2) is 12.8. The van der Waals surface area contributed by atoms with Gasteiger partial charge in [0.05, 0.1) is 22.6 Å². The SMILES string of the molecule is CCOC(=O)c1cc(-c2ccccc2)sc1NC(=O)[C@@H](C)OC(=O)c1ccc(S(=O)(=O)N(CC)CC)cc1. The average Bonchev–Trinajstić information content (AvgIpc) is 3.33. The Morgan fingerprint density at radius 3 is 2.16 bits per heavy atom. The monoisotopic (exact) mass is 558 g/mol. The van der Waals surface area contributed by atoms with Crippen molar-refractivity contribution < 1.29 is 32.3 Å². The largest absolute Gasteiger partial charge is 0.462 e. The summed E-state index contributed by atoms with van der Waals surface area (Å²) in [5, 5.41) is 2.95. The molecular formula is C27H30N2O7S2. The van der Waals surface area contributed by atoms with Gasteiger partial charge in [-0.15, -0.1) is 11.3 Å². The normalized spacial score (nSPS) is 12.1. The van der Waals surface area contributed by atoms with Crippen molar-refractivity contribution in [2.75, 3.05) is 25.0 Å². The highest BCUT2D eigenvalue weighted by molar-refractivity contribution is 7.89. The first-order chi connectivity index (χ1) is 18.1. The quantitative estimate of drug-likeness (QED) is 0.336. The standard InChI is InChI=1S/C27H30N2O7S2/c1-5-29(6-2)38(33,34)21-15-13-20(14-16-21)26(31)36-18(4)24(30)28-25-22(27(32)35-7-3)17-23(37-25)19-11-9-8-10-12-19/h8-18H,5-7H2,1-4H3,(H,28,30)/t18-/m1/s1. The van der Waals surface area contributed by atoms with Crippen LogP contribution in [0.5, 0.6) is 0 Å². The van der Waals surface area contributed by atoms with E-state index in [4.69, 9.17) is 9.47 Å². The lowest BCUT2D eigenvalue weighted by Crippen LogP contribution is -2.31. The van der Waals surface area contributed by atoms with Crippen molar-refractivity contribution in [1.29, 1.82) is 0 Å². The summed E-state index contributed by atoms with van der Waals surface area (Å²) in [5.74, 6) is -2.00. The van der Waals surface area contributed by atoms with Crippen LogP contribution < -0.4 is 5.32 Å². The van der Waals surface area contributed by atoms with E-state index < -0.39 is 34.0 Å². The fourth-order valence-corrected chi connectivity index (χ4v) is 6.07. The molecule has 0 aliphatic rings. The number of carbonyl (C=O) groups excluding carboxylic acids is 3. The van der Waals surface area contributed by atoms with Gasteiger partial charge in [-0.3, -0.25) is 4.79 Å². The van der Waals surface area contributed by atoms with Gasteiger partial charge in [0.25, 0.3) is 5.91 Å². The Morgan fingerprint density at radius 2 is 1.58 bits per heavy atom. The third kappa shape index (κ3) is 6.66. The summed E-state index contributed by atoms with van der Waals surface area (Å²) >= 11 is 1.20. The van der Waals surface area contributed by atoms with Crippen LogP contribution >= 0.6 is 11.3 Å². The Hall–Kier alpha value is -3.54. The highest BCUT2D eigenvalue weighted by Gasteiger charge is 2.25. The molecule has 11 heteroatoms. The number of anilines is 1. The molecule has 0 saturated heterocycles. The second-order valence-electron chi connectivity index (χ2n) is 8.09. The smallest absolute Gasteiger partial charge is 0.341 e. The van der Waals surface area contributed by atoms with Crippen LogP contribution in [0.3, 0.4) is 0 Å². The zero-order valence-corrected chi connectivity index (χ0v) is 23.2. The zero-order valence-electron chi connectivity index (χ0n) is 21.6. The van der Waals surface area contributed by atoms with Gasteiger partial charge >= 0.3 is 11.9 Å². The number of rotatable bonds is 11. The molecule has 1 N–H and O–H groups in total. The van der Waals surface area contributed by atoms with E-state index in [1.807, 2.05) is 30.3 Å². The molecule has 1 aromatic heterocycles. The Morgan fingerprint density at radius 1 is 0.947 bits per heavy atom. The molecule has 1 amide bonds. The fourth-order valence-electron chi connectivity index (χ4n) is 3.56. The van der Waals surface area contributed by atoms with Crippen LogP contribution in [0.15, 0.2) is 65.6 Å². The topological polar surface area (TPSA) is 119 Å². The van der Waals surface area contributed by atoms with Gasteiger partial charge in [-0.25, -0.2) is 18.0 Å². The first-order valence-corrected chi connectivity index (χ1v) is 14.4. The fraction of sp³-hybridized carbons (Fsp3) is 0.296. The van der Waals surface area contributed by atoms with E-state index in [-0.39, 0.29) is 27.6 Å². The molecule has 0 saturated carbocycles. The lowest BCUT2D eigenvalue weighted by Gasteiger charge is -2.18. The van der Waals surface area contributed by atoms with E-state index in [0.717, 1.165) is 10.4 Å². The molecule has 0 radical (unpaired) electrons. The van der Waals surface area contributed by atoms with E-state index in [1.165, 1.54) is 46.8 Å². The Labute approximate surface area is 226 Å². The molecular weight excluding hydrogens is 528 g/mol. The van der Waals surface area contributed by atoms with E-state index in [2.05, 4.69) is 5.32 Å². The van der Waals surface area contributed by atoms with Gasteiger partial charge in [0.1, 0.15) is 5.00 Å². The number of amides is 1. The van der Waals surface area contributed by atoms with Crippen LogP contribution in [0, 0.1) is 0 Å². The molecule has 3 rings (SSSR count). The lowest BCUT2D eigenvalue weighted by molar-refractivity contribution is -0.123. The Bertz CT molecular complexity index is 1380. The van der Waals surface area contributed by atoms with Crippen LogP contribution in [0.2, 0.25) is 0 Å². The van der Waals surface area contributed by atoms with E-state index in [9.17, 15) is 22.8 Å². The van der Waals surface area contributed by atoms with Gasteiger partial charge in [0.2, 0.25) is 10.0 Å². The highest BCUT2D eigenvalue weighted by Crippen LogP contribution is 2.36. The number of esters is 2. The molecule has 2 aromatic carbocycles. The van der Waals surface area contributed by atoms with Crippen molar-refractivity contribution >= 4 is 44.2 Å². The molecule has 1 atom stereocenters. The van der Waals surface area contributed by atoms with Crippen LogP contribution in [0.4, 0.5) is 5.00 Å². The maximum absolute atomic E-state index is 12.9. The van der Waals surface area contributed by atoms with Crippen molar-refractivity contribution in [3.63, 3.8) is 0 Å². The maximum Gasteiger partial charge on any atom is 0.341 e. The molecule has 0 aliphatic heterocycles. The number of nitrogens with one attached hydrogen (secondary N) is 1. The van der Waals surface area contributed by atoms with Gasteiger partial charge in [-0.1, -0.05) is 44.2 Å². The van der Waals surface area contributed by atoms with Crippen LogP contribution in [-0.2, 0) is 24.3 Å². The summed E-state index contributed by atoms with van der Waals surface area (Å²) in [4.78, 5) is 38.8. The summed E-state index contributed by atoms with van der Waals surface area (Å²) in [5.41, 5.74) is 1.17. The molecule has 202 valence electrons. The number of nitrogens with zero attached hydrogens (tertiary/aromatic N) is 1. The van der Waals surface area contributed by atoms with E-state index >= 15 is 0 Å². The Balaban J connectivity index is 1.73. The number of carbonyl (C=O) groups is 3. The summed E-state index contributed by atoms with van der Waals surface area (Å²) in [6, 6.07) is 16.4. The molecule has 38 heavy (non-hydrogen) atoms. The third-order valence-electron chi connectivity index (χ3n) is 5.61. The minimum Gasteiger partial charge on any atom is -0.462 e. The summed E-state index contributed by atoms with van der Waals surface area (Å²) in [6.45, 7) is 7.40. The average molecular weight is 559 g/mol. The number of hydrogen-bond acceptors (Lipinski definition) is 8. The number of ether oxygens (including phenoxy) is 2. The number of sulfonamides is 1. The first kappa shape index (κ1) is 29.0. The molecule has 0 spiro atoms. The maximum atomic E-state index is 12.9. The number of benzene rings is 2. The van der Waals surface area contributed by atoms with E-state index in [0.29, 0.717) is 13.1 Å². The van der Waals surface area contributed by atoms with Crippen LogP contribution in [-0.4, -0.2) is 56.4 Å². The van der Waals surface area contributed by atoms with Gasteiger partial charge in [0.15, 0.2) is 6.10 Å². The van der Waals surface area contributed by atoms with Crippen molar-refractivity contribution in [1.82, 2.24) is 4.31 Å². The lowest BCUT2D eigenvalue weighted by atomic mass is 10.1. The molecule has 9 nitrogen and oxygen atoms in total.